The van der Waals surface area contributed by atoms with Gasteiger partial charge in [0, 0.05) is 11.6 Å². The molecule has 4 nitrogen and oxygen atoms in total. The molecule has 1 saturated heterocycles. The Morgan fingerprint density at radius 3 is 2.50 bits per heavy atom. The van der Waals surface area contributed by atoms with Crippen LogP contribution in [0.15, 0.2) is 28.7 Å². The fourth-order valence-corrected chi connectivity index (χ4v) is 2.03. The van der Waals surface area contributed by atoms with Crippen LogP contribution >= 0.6 is 15.9 Å². The maximum absolute atomic E-state index is 5.79. The number of halogens is 1. The van der Waals surface area contributed by atoms with E-state index in [4.69, 9.17) is 18.9 Å². The predicted molar refractivity (Wildman–Crippen MR) is 71.0 cm³/mol. The molecule has 2 atom stereocenters. The van der Waals surface area contributed by atoms with E-state index in [1.807, 2.05) is 24.3 Å². The van der Waals surface area contributed by atoms with E-state index in [-0.39, 0.29) is 12.2 Å². The van der Waals surface area contributed by atoms with Crippen LogP contribution in [0.5, 0.6) is 5.75 Å². The lowest BCUT2D eigenvalue weighted by Gasteiger charge is -2.29. The average molecular weight is 317 g/mol. The van der Waals surface area contributed by atoms with Crippen LogP contribution in [0, 0.1) is 0 Å². The second-order valence-corrected chi connectivity index (χ2v) is 5.05. The van der Waals surface area contributed by atoms with Crippen molar-refractivity contribution < 1.29 is 18.9 Å². The summed E-state index contributed by atoms with van der Waals surface area (Å²) in [5.41, 5.74) is 0. The second-order valence-electron chi connectivity index (χ2n) is 4.14. The summed E-state index contributed by atoms with van der Waals surface area (Å²) in [4.78, 5) is 0. The molecule has 0 unspecified atom stereocenters. The zero-order valence-electron chi connectivity index (χ0n) is 10.3. The van der Waals surface area contributed by atoms with E-state index in [1.54, 1.807) is 7.11 Å². The summed E-state index contributed by atoms with van der Waals surface area (Å²) >= 11 is 3.38. The van der Waals surface area contributed by atoms with E-state index < -0.39 is 0 Å². The third-order valence-corrected chi connectivity index (χ3v) is 3.12. The van der Waals surface area contributed by atoms with Crippen LogP contribution in [0.2, 0.25) is 0 Å². The molecule has 1 aromatic carbocycles. The Kier molecular flexibility index (Phi) is 5.44. The number of methoxy groups -OCH3 is 1. The number of ether oxygens (including phenoxy) is 4. The minimum absolute atomic E-state index is 0.00210. The van der Waals surface area contributed by atoms with E-state index in [1.165, 1.54) is 0 Å². The summed E-state index contributed by atoms with van der Waals surface area (Å²) in [7, 11) is 1.66. The van der Waals surface area contributed by atoms with E-state index in [0.717, 1.165) is 10.2 Å². The van der Waals surface area contributed by atoms with Gasteiger partial charge in [-0.1, -0.05) is 15.9 Å². The Balaban J connectivity index is 1.77. The topological polar surface area (TPSA) is 36.9 Å². The average Bonchev–Trinajstić information content (AvgIpc) is 2.39. The summed E-state index contributed by atoms with van der Waals surface area (Å²) in [6, 6.07) is 7.73. The van der Waals surface area contributed by atoms with Crippen molar-refractivity contribution in [2.45, 2.75) is 12.2 Å². The van der Waals surface area contributed by atoms with Crippen molar-refractivity contribution >= 4 is 15.9 Å². The van der Waals surface area contributed by atoms with Gasteiger partial charge in [-0.05, 0) is 24.3 Å². The molecule has 18 heavy (non-hydrogen) atoms. The molecule has 1 aliphatic heterocycles. The Bertz CT molecular complexity index is 353. The van der Waals surface area contributed by atoms with Gasteiger partial charge in [0.15, 0.2) is 0 Å². The molecule has 0 amide bonds. The molecule has 1 fully saturated rings. The highest BCUT2D eigenvalue weighted by Gasteiger charge is 2.23. The molecular formula is C13H17BrO4. The lowest BCUT2D eigenvalue weighted by Crippen LogP contribution is -2.41. The molecule has 0 N–H and O–H groups in total. The molecule has 0 aliphatic carbocycles. The number of hydrogen-bond acceptors (Lipinski definition) is 4. The van der Waals surface area contributed by atoms with Crippen molar-refractivity contribution in [2.24, 2.45) is 0 Å². The minimum Gasteiger partial charge on any atom is -0.491 e. The van der Waals surface area contributed by atoms with Crippen molar-refractivity contribution in [1.82, 2.24) is 0 Å². The smallest absolute Gasteiger partial charge is 0.119 e. The number of hydrogen-bond donors (Lipinski definition) is 0. The van der Waals surface area contributed by atoms with Gasteiger partial charge in [-0.15, -0.1) is 0 Å². The third kappa shape index (κ3) is 4.24. The van der Waals surface area contributed by atoms with Gasteiger partial charge < -0.3 is 18.9 Å². The van der Waals surface area contributed by atoms with Crippen LogP contribution in [-0.4, -0.2) is 45.7 Å². The molecule has 0 saturated carbocycles. The third-order valence-electron chi connectivity index (χ3n) is 2.59. The molecule has 2 rings (SSSR count). The number of benzene rings is 1. The van der Waals surface area contributed by atoms with Gasteiger partial charge in [0.2, 0.25) is 0 Å². The highest BCUT2D eigenvalue weighted by molar-refractivity contribution is 9.10. The molecule has 0 aromatic heterocycles. The fourth-order valence-electron chi connectivity index (χ4n) is 1.76. The van der Waals surface area contributed by atoms with E-state index in [0.29, 0.717) is 26.4 Å². The maximum Gasteiger partial charge on any atom is 0.119 e. The quantitative estimate of drug-likeness (QED) is 0.835. The van der Waals surface area contributed by atoms with Crippen molar-refractivity contribution in [3.8, 4) is 5.75 Å². The van der Waals surface area contributed by atoms with Gasteiger partial charge in [0.05, 0.1) is 19.8 Å². The van der Waals surface area contributed by atoms with Crippen molar-refractivity contribution in [1.29, 1.82) is 0 Å². The van der Waals surface area contributed by atoms with E-state index in [9.17, 15) is 0 Å². The Hall–Kier alpha value is -0.620. The molecule has 1 aliphatic rings. The summed E-state index contributed by atoms with van der Waals surface area (Å²) in [5.74, 6) is 0.829. The van der Waals surface area contributed by atoms with Gasteiger partial charge in [-0.25, -0.2) is 0 Å². The molecular weight excluding hydrogens is 300 g/mol. The van der Waals surface area contributed by atoms with Crippen molar-refractivity contribution in [3.05, 3.63) is 28.7 Å². The van der Waals surface area contributed by atoms with Crippen LogP contribution in [0.3, 0.4) is 0 Å². The van der Waals surface area contributed by atoms with Crippen LogP contribution in [0.25, 0.3) is 0 Å². The standard InChI is InChI=1S/C13H17BrO4/c1-15-6-12-7-16-8-13(18-12)9-17-11-4-2-10(14)3-5-11/h2-5,12-13H,6-9H2,1H3/t12-,13+/m1/s1. The zero-order valence-corrected chi connectivity index (χ0v) is 11.9. The molecule has 5 heteroatoms. The largest absolute Gasteiger partial charge is 0.491 e. The predicted octanol–water partition coefficient (Wildman–Crippen LogP) is 2.26. The Morgan fingerprint density at radius 2 is 1.83 bits per heavy atom. The van der Waals surface area contributed by atoms with Crippen LogP contribution in [-0.2, 0) is 14.2 Å². The monoisotopic (exact) mass is 316 g/mol. The molecule has 100 valence electrons. The first-order chi connectivity index (χ1) is 8.78. The first kappa shape index (κ1) is 13.8. The van der Waals surface area contributed by atoms with Crippen LogP contribution in [0.4, 0.5) is 0 Å². The van der Waals surface area contributed by atoms with Crippen molar-refractivity contribution in [2.75, 3.05) is 33.5 Å². The molecule has 1 heterocycles. The van der Waals surface area contributed by atoms with E-state index >= 15 is 0 Å². The zero-order chi connectivity index (χ0) is 12.8. The lowest BCUT2D eigenvalue weighted by atomic mass is 10.3. The molecule has 0 radical (unpaired) electrons. The summed E-state index contributed by atoms with van der Waals surface area (Å²) in [5, 5.41) is 0. The highest BCUT2D eigenvalue weighted by Crippen LogP contribution is 2.17. The first-order valence-corrected chi connectivity index (χ1v) is 6.67. The summed E-state index contributed by atoms with van der Waals surface area (Å²) in [6.45, 7) is 2.19. The summed E-state index contributed by atoms with van der Waals surface area (Å²) in [6.07, 6.45) is -0.0372. The Morgan fingerprint density at radius 1 is 1.17 bits per heavy atom. The van der Waals surface area contributed by atoms with Gasteiger partial charge in [-0.3, -0.25) is 0 Å². The highest BCUT2D eigenvalue weighted by atomic mass is 79.9. The van der Waals surface area contributed by atoms with Gasteiger partial charge in [0.1, 0.15) is 24.6 Å². The molecule has 0 spiro atoms. The minimum atomic E-state index is -0.0393. The normalized spacial score (nSPS) is 23.9. The maximum atomic E-state index is 5.79. The number of rotatable bonds is 5. The van der Waals surface area contributed by atoms with Gasteiger partial charge in [-0.2, -0.15) is 0 Å². The first-order valence-electron chi connectivity index (χ1n) is 5.88. The van der Waals surface area contributed by atoms with E-state index in [2.05, 4.69) is 15.9 Å². The lowest BCUT2D eigenvalue weighted by molar-refractivity contribution is -0.162. The van der Waals surface area contributed by atoms with Crippen LogP contribution in [0.1, 0.15) is 0 Å². The molecule has 1 aromatic rings. The summed E-state index contributed by atoms with van der Waals surface area (Å²) < 4.78 is 23.0. The Labute approximate surface area is 115 Å². The van der Waals surface area contributed by atoms with Crippen molar-refractivity contribution in [3.63, 3.8) is 0 Å². The molecule has 0 bridgehead atoms. The fraction of sp³-hybridized carbons (Fsp3) is 0.538. The second kappa shape index (κ2) is 7.09. The van der Waals surface area contributed by atoms with Gasteiger partial charge >= 0.3 is 0 Å². The van der Waals surface area contributed by atoms with Crippen LogP contribution < -0.4 is 4.74 Å². The van der Waals surface area contributed by atoms with Gasteiger partial charge in [0.25, 0.3) is 0 Å². The SMILES string of the molecule is COC[C@@H]1COC[C@@H](COc2ccc(Br)cc2)O1.